The van der Waals surface area contributed by atoms with E-state index in [1.54, 1.807) is 23.9 Å². The van der Waals surface area contributed by atoms with E-state index >= 15 is 0 Å². The van der Waals surface area contributed by atoms with Crippen LogP contribution >= 0.6 is 11.8 Å². The molecule has 0 atom stereocenters. The third-order valence-corrected chi connectivity index (χ3v) is 4.51. The summed E-state index contributed by atoms with van der Waals surface area (Å²) in [5, 5.41) is 0.601. The normalized spacial score (nSPS) is 16.9. The maximum atomic E-state index is 11.3. The number of hydrogen-bond acceptors (Lipinski definition) is 3. The number of hydrogen-bond donors (Lipinski definition) is 2. The Morgan fingerprint density at radius 2 is 1.94 bits per heavy atom. The zero-order chi connectivity index (χ0) is 12.3. The zero-order valence-corrected chi connectivity index (χ0v) is 10.6. The molecule has 3 nitrogen and oxygen atoms in total. The Labute approximate surface area is 106 Å². The van der Waals surface area contributed by atoms with Crippen LogP contribution in [-0.2, 0) is 0 Å². The van der Waals surface area contributed by atoms with Crippen molar-refractivity contribution in [1.29, 1.82) is 0 Å². The number of amides is 1. The van der Waals surface area contributed by atoms with Crippen molar-refractivity contribution in [3.05, 3.63) is 23.8 Å². The Bertz CT molecular complexity index is 414. The highest BCUT2D eigenvalue weighted by molar-refractivity contribution is 8.00. The van der Waals surface area contributed by atoms with E-state index < -0.39 is 0 Å². The molecule has 0 spiro atoms. The number of benzene rings is 1. The van der Waals surface area contributed by atoms with E-state index in [4.69, 9.17) is 11.5 Å². The molecule has 92 valence electrons. The summed E-state index contributed by atoms with van der Waals surface area (Å²) in [6.45, 7) is 0. The molecule has 0 heterocycles. The van der Waals surface area contributed by atoms with Gasteiger partial charge in [-0.3, -0.25) is 4.79 Å². The lowest BCUT2D eigenvalue weighted by molar-refractivity contribution is 0.0997. The minimum atomic E-state index is -0.372. The number of nitrogen functional groups attached to an aromatic ring is 1. The van der Waals surface area contributed by atoms with Crippen LogP contribution in [0.1, 0.15) is 42.5 Å². The summed E-state index contributed by atoms with van der Waals surface area (Å²) in [6.07, 6.45) is 6.34. The first-order valence-electron chi connectivity index (χ1n) is 6.03. The van der Waals surface area contributed by atoms with Gasteiger partial charge in [0.05, 0.1) is 5.56 Å². The average Bonchev–Trinajstić information content (AvgIpc) is 2.30. The van der Waals surface area contributed by atoms with Gasteiger partial charge in [-0.1, -0.05) is 19.3 Å². The fraction of sp³-hybridized carbons (Fsp3) is 0.462. The minimum Gasteiger partial charge on any atom is -0.399 e. The van der Waals surface area contributed by atoms with Crippen LogP contribution in [0.15, 0.2) is 23.1 Å². The van der Waals surface area contributed by atoms with Crippen LogP contribution in [-0.4, -0.2) is 11.2 Å². The lowest BCUT2D eigenvalue weighted by atomic mass is 10.0. The van der Waals surface area contributed by atoms with Crippen LogP contribution in [0, 0.1) is 0 Å². The molecule has 1 amide bonds. The Morgan fingerprint density at radius 3 is 2.59 bits per heavy atom. The smallest absolute Gasteiger partial charge is 0.249 e. The third kappa shape index (κ3) is 3.16. The van der Waals surface area contributed by atoms with Crippen LogP contribution in [0.5, 0.6) is 0 Å². The Hall–Kier alpha value is -1.16. The molecular weight excluding hydrogens is 232 g/mol. The summed E-state index contributed by atoms with van der Waals surface area (Å²) < 4.78 is 0. The van der Waals surface area contributed by atoms with Crippen LogP contribution < -0.4 is 11.5 Å². The van der Waals surface area contributed by atoms with Gasteiger partial charge in [0, 0.05) is 15.8 Å². The predicted molar refractivity (Wildman–Crippen MR) is 72.1 cm³/mol. The molecule has 1 saturated carbocycles. The molecule has 1 aliphatic rings. The van der Waals surface area contributed by atoms with Gasteiger partial charge in [-0.15, -0.1) is 11.8 Å². The summed E-state index contributed by atoms with van der Waals surface area (Å²) >= 11 is 1.75. The van der Waals surface area contributed by atoms with Gasteiger partial charge in [0.15, 0.2) is 0 Å². The van der Waals surface area contributed by atoms with Gasteiger partial charge in [-0.25, -0.2) is 0 Å². The second-order valence-corrected chi connectivity index (χ2v) is 5.84. The van der Waals surface area contributed by atoms with Crippen LogP contribution in [0.25, 0.3) is 0 Å². The van der Waals surface area contributed by atoms with Crippen molar-refractivity contribution in [2.75, 3.05) is 5.73 Å². The van der Waals surface area contributed by atoms with Gasteiger partial charge >= 0.3 is 0 Å². The fourth-order valence-electron chi connectivity index (χ4n) is 2.20. The molecule has 0 bridgehead atoms. The molecule has 1 aromatic carbocycles. The lowest BCUT2D eigenvalue weighted by Gasteiger charge is -2.21. The molecule has 0 unspecified atom stereocenters. The number of carbonyl (C=O) groups excluding carboxylic acids is 1. The van der Waals surface area contributed by atoms with E-state index in [1.165, 1.54) is 32.1 Å². The predicted octanol–water partition coefficient (Wildman–Crippen LogP) is 2.79. The molecule has 1 aliphatic carbocycles. The maximum absolute atomic E-state index is 11.3. The fourth-order valence-corrected chi connectivity index (χ4v) is 3.63. The second-order valence-electron chi connectivity index (χ2n) is 4.50. The Balaban J connectivity index is 2.17. The van der Waals surface area contributed by atoms with Crippen molar-refractivity contribution < 1.29 is 4.79 Å². The molecule has 1 fully saturated rings. The number of rotatable bonds is 3. The van der Waals surface area contributed by atoms with E-state index in [2.05, 4.69) is 0 Å². The summed E-state index contributed by atoms with van der Waals surface area (Å²) in [5.74, 6) is -0.372. The van der Waals surface area contributed by atoms with E-state index in [-0.39, 0.29) is 5.91 Å². The van der Waals surface area contributed by atoms with Gasteiger partial charge in [0.2, 0.25) is 5.91 Å². The highest BCUT2D eigenvalue weighted by atomic mass is 32.2. The molecule has 0 saturated heterocycles. The summed E-state index contributed by atoms with van der Waals surface area (Å²) in [7, 11) is 0. The van der Waals surface area contributed by atoms with Gasteiger partial charge in [0.25, 0.3) is 0 Å². The Morgan fingerprint density at radius 1 is 1.24 bits per heavy atom. The van der Waals surface area contributed by atoms with E-state index in [1.807, 2.05) is 6.07 Å². The lowest BCUT2D eigenvalue weighted by Crippen LogP contribution is -2.14. The highest BCUT2D eigenvalue weighted by Crippen LogP contribution is 2.35. The van der Waals surface area contributed by atoms with Crippen molar-refractivity contribution >= 4 is 23.4 Å². The summed E-state index contributed by atoms with van der Waals surface area (Å²) in [4.78, 5) is 12.3. The van der Waals surface area contributed by atoms with Crippen molar-refractivity contribution in [3.8, 4) is 0 Å². The molecule has 4 N–H and O–H groups in total. The molecule has 4 heteroatoms. The van der Waals surface area contributed by atoms with Crippen molar-refractivity contribution in [2.24, 2.45) is 5.73 Å². The number of carbonyl (C=O) groups is 1. The highest BCUT2D eigenvalue weighted by Gasteiger charge is 2.17. The summed E-state index contributed by atoms with van der Waals surface area (Å²) in [6, 6.07) is 5.31. The van der Waals surface area contributed by atoms with Crippen LogP contribution in [0.3, 0.4) is 0 Å². The SMILES string of the molecule is NC(=O)c1ccc(N)cc1SC1CCCCC1. The van der Waals surface area contributed by atoms with Crippen molar-refractivity contribution in [3.63, 3.8) is 0 Å². The van der Waals surface area contributed by atoms with Gasteiger partial charge in [-0.05, 0) is 31.0 Å². The average molecular weight is 250 g/mol. The quantitative estimate of drug-likeness (QED) is 0.810. The molecule has 0 radical (unpaired) electrons. The summed E-state index contributed by atoms with van der Waals surface area (Å²) in [5.41, 5.74) is 12.4. The Kier molecular flexibility index (Phi) is 3.94. The maximum Gasteiger partial charge on any atom is 0.249 e. The standard InChI is InChI=1S/C13H18N2OS/c14-9-6-7-11(13(15)16)12(8-9)17-10-4-2-1-3-5-10/h6-8,10H,1-5,14H2,(H2,15,16). The monoisotopic (exact) mass is 250 g/mol. The molecule has 2 rings (SSSR count). The van der Waals surface area contributed by atoms with Crippen molar-refractivity contribution in [2.45, 2.75) is 42.2 Å². The number of primary amides is 1. The van der Waals surface area contributed by atoms with Gasteiger partial charge in [0.1, 0.15) is 0 Å². The number of thioether (sulfide) groups is 1. The topological polar surface area (TPSA) is 69.1 Å². The molecule has 17 heavy (non-hydrogen) atoms. The van der Waals surface area contributed by atoms with Gasteiger partial charge in [-0.2, -0.15) is 0 Å². The van der Waals surface area contributed by atoms with Crippen molar-refractivity contribution in [1.82, 2.24) is 0 Å². The van der Waals surface area contributed by atoms with E-state index in [0.717, 1.165) is 4.90 Å². The zero-order valence-electron chi connectivity index (χ0n) is 9.82. The first-order valence-corrected chi connectivity index (χ1v) is 6.91. The second kappa shape index (κ2) is 5.45. The third-order valence-electron chi connectivity index (χ3n) is 3.12. The molecule has 0 aliphatic heterocycles. The number of nitrogens with two attached hydrogens (primary N) is 2. The van der Waals surface area contributed by atoms with E-state index in [0.29, 0.717) is 16.5 Å². The molecule has 0 aromatic heterocycles. The first-order chi connectivity index (χ1) is 8.16. The molecular formula is C13H18N2OS. The van der Waals surface area contributed by atoms with Gasteiger partial charge < -0.3 is 11.5 Å². The van der Waals surface area contributed by atoms with Crippen LogP contribution in [0.2, 0.25) is 0 Å². The largest absolute Gasteiger partial charge is 0.399 e. The minimum absolute atomic E-state index is 0.372. The molecule has 1 aromatic rings. The van der Waals surface area contributed by atoms with E-state index in [9.17, 15) is 4.79 Å². The first kappa shape index (κ1) is 12.3. The van der Waals surface area contributed by atoms with Crippen LogP contribution in [0.4, 0.5) is 5.69 Å². The number of anilines is 1.